The van der Waals surface area contributed by atoms with Crippen molar-refractivity contribution < 1.29 is 23.8 Å². The molecule has 0 spiro atoms. The lowest BCUT2D eigenvalue weighted by molar-refractivity contribution is -0.143. The first-order chi connectivity index (χ1) is 17.3. The number of aromatic nitrogens is 1. The molecule has 3 aromatic rings. The Morgan fingerprint density at radius 1 is 1.14 bits per heavy atom. The topological polar surface area (TPSA) is 96.2 Å². The van der Waals surface area contributed by atoms with E-state index in [0.29, 0.717) is 31.4 Å². The molecule has 186 valence electrons. The Morgan fingerprint density at radius 3 is 2.47 bits per heavy atom. The molecule has 1 atom stereocenters. The summed E-state index contributed by atoms with van der Waals surface area (Å²) in [5, 5.41) is 0.545. The van der Waals surface area contributed by atoms with Crippen molar-refractivity contribution in [1.82, 2.24) is 4.57 Å². The number of rotatable bonds is 7. The van der Waals surface area contributed by atoms with Crippen molar-refractivity contribution in [1.29, 1.82) is 0 Å². The monoisotopic (exact) mass is 526 g/mol. The highest BCUT2D eigenvalue weighted by molar-refractivity contribution is 7.07. The third-order valence-corrected chi connectivity index (χ3v) is 6.70. The molecule has 0 fully saturated rings. The van der Waals surface area contributed by atoms with Crippen LogP contribution in [0, 0.1) is 0 Å². The average Bonchev–Trinajstić information content (AvgIpc) is 3.17. The predicted molar refractivity (Wildman–Crippen MR) is 136 cm³/mol. The van der Waals surface area contributed by atoms with Gasteiger partial charge in [-0.1, -0.05) is 47.2 Å². The number of allylic oxidation sites excluding steroid dienone is 1. The van der Waals surface area contributed by atoms with Crippen LogP contribution < -0.4 is 19.6 Å². The number of hydrogen-bond donors (Lipinski definition) is 0. The van der Waals surface area contributed by atoms with E-state index in [1.165, 1.54) is 23.0 Å². The Labute approximate surface area is 215 Å². The van der Waals surface area contributed by atoms with Gasteiger partial charge in [-0.25, -0.2) is 14.6 Å². The predicted octanol–water partition coefficient (Wildman–Crippen LogP) is 3.00. The van der Waals surface area contributed by atoms with E-state index in [1.807, 2.05) is 0 Å². The SMILES string of the molecule is CCOC(=O)C1=C(C)N=c2s/c(=C\c3ccc(OCC(=O)OC)cc3)c(=O)n2[C@H]1c1ccc(Cl)cc1. The summed E-state index contributed by atoms with van der Waals surface area (Å²) >= 11 is 7.32. The van der Waals surface area contributed by atoms with Gasteiger partial charge >= 0.3 is 11.9 Å². The smallest absolute Gasteiger partial charge is 0.343 e. The van der Waals surface area contributed by atoms with Crippen molar-refractivity contribution in [3.8, 4) is 5.75 Å². The molecule has 36 heavy (non-hydrogen) atoms. The molecular formula is C26H23ClN2O6S. The second-order valence-electron chi connectivity index (χ2n) is 7.79. The van der Waals surface area contributed by atoms with Crippen molar-refractivity contribution in [3.05, 3.63) is 95.6 Å². The van der Waals surface area contributed by atoms with Crippen molar-refractivity contribution in [3.63, 3.8) is 0 Å². The second-order valence-corrected chi connectivity index (χ2v) is 9.23. The molecule has 10 heteroatoms. The molecule has 0 amide bonds. The number of esters is 2. The number of hydrogen-bond acceptors (Lipinski definition) is 8. The maximum atomic E-state index is 13.6. The van der Waals surface area contributed by atoms with Crippen molar-refractivity contribution in [2.45, 2.75) is 19.9 Å². The number of carbonyl (C=O) groups excluding carboxylic acids is 2. The molecule has 8 nitrogen and oxygen atoms in total. The molecule has 2 heterocycles. The molecule has 0 saturated carbocycles. The molecule has 1 aromatic heterocycles. The first-order valence-corrected chi connectivity index (χ1v) is 12.3. The first-order valence-electron chi connectivity index (χ1n) is 11.1. The summed E-state index contributed by atoms with van der Waals surface area (Å²) in [4.78, 5) is 42.8. The largest absolute Gasteiger partial charge is 0.482 e. The summed E-state index contributed by atoms with van der Waals surface area (Å²) < 4.78 is 17.2. The van der Waals surface area contributed by atoms with E-state index in [0.717, 1.165) is 11.1 Å². The lowest BCUT2D eigenvalue weighted by Crippen LogP contribution is -2.39. The lowest BCUT2D eigenvalue weighted by atomic mass is 9.96. The van der Waals surface area contributed by atoms with Gasteiger partial charge in [0.1, 0.15) is 5.75 Å². The van der Waals surface area contributed by atoms with Crippen molar-refractivity contribution in [2.75, 3.05) is 20.3 Å². The highest BCUT2D eigenvalue weighted by Gasteiger charge is 2.33. The van der Waals surface area contributed by atoms with Gasteiger partial charge in [0.2, 0.25) is 0 Å². The first kappa shape index (κ1) is 25.4. The van der Waals surface area contributed by atoms with Crippen LogP contribution in [0.2, 0.25) is 5.02 Å². The molecule has 1 aliphatic heterocycles. The number of fused-ring (bicyclic) bond motifs is 1. The zero-order valence-corrected chi connectivity index (χ0v) is 21.4. The lowest BCUT2D eigenvalue weighted by Gasteiger charge is -2.24. The number of nitrogens with zero attached hydrogens (tertiary/aromatic N) is 2. The van der Waals surface area contributed by atoms with Crippen LogP contribution in [0.3, 0.4) is 0 Å². The maximum Gasteiger partial charge on any atom is 0.343 e. The normalized spacial score (nSPS) is 15.2. The van der Waals surface area contributed by atoms with Gasteiger partial charge < -0.3 is 14.2 Å². The van der Waals surface area contributed by atoms with Gasteiger partial charge in [-0.05, 0) is 55.3 Å². The van der Waals surface area contributed by atoms with Crippen LogP contribution in [0.15, 0.2) is 69.6 Å². The molecular weight excluding hydrogens is 504 g/mol. The van der Waals surface area contributed by atoms with Crippen LogP contribution in [-0.4, -0.2) is 36.8 Å². The average molecular weight is 527 g/mol. The quantitative estimate of drug-likeness (QED) is 0.439. The molecule has 0 radical (unpaired) electrons. The highest BCUT2D eigenvalue weighted by Crippen LogP contribution is 2.31. The summed E-state index contributed by atoms with van der Waals surface area (Å²) in [6, 6.07) is 13.3. The Bertz CT molecular complexity index is 1500. The van der Waals surface area contributed by atoms with E-state index in [1.54, 1.807) is 68.5 Å². The Kier molecular flexibility index (Phi) is 7.71. The van der Waals surface area contributed by atoms with E-state index in [9.17, 15) is 14.4 Å². The van der Waals surface area contributed by atoms with Crippen LogP contribution in [0.25, 0.3) is 6.08 Å². The van der Waals surface area contributed by atoms with Gasteiger partial charge in [-0.2, -0.15) is 0 Å². The second kappa shape index (κ2) is 10.9. The standard InChI is InChI=1S/C26H23ClN2O6S/c1-4-34-25(32)22-15(2)28-26-29(23(22)17-7-9-18(27)10-8-17)24(31)20(36-26)13-16-5-11-19(12-6-16)35-14-21(30)33-3/h5-13,23H,4,14H2,1-3H3/b20-13-/t23-/m0/s1. The third-order valence-electron chi connectivity index (χ3n) is 5.46. The summed E-state index contributed by atoms with van der Waals surface area (Å²) in [5.74, 6) is -0.500. The number of thiazole rings is 1. The van der Waals surface area contributed by atoms with Gasteiger partial charge in [0.25, 0.3) is 5.56 Å². The zero-order chi connectivity index (χ0) is 25.8. The number of benzene rings is 2. The summed E-state index contributed by atoms with van der Waals surface area (Å²) in [7, 11) is 1.29. The van der Waals surface area contributed by atoms with Gasteiger partial charge in [-0.15, -0.1) is 0 Å². The summed E-state index contributed by atoms with van der Waals surface area (Å²) in [6.07, 6.45) is 1.75. The molecule has 2 aromatic carbocycles. The van der Waals surface area contributed by atoms with E-state index in [2.05, 4.69) is 9.73 Å². The molecule has 0 saturated heterocycles. The number of ether oxygens (including phenoxy) is 3. The van der Waals surface area contributed by atoms with Crippen LogP contribution >= 0.6 is 22.9 Å². The van der Waals surface area contributed by atoms with Gasteiger partial charge in [0.15, 0.2) is 11.4 Å². The minimum Gasteiger partial charge on any atom is -0.482 e. The van der Waals surface area contributed by atoms with Crippen LogP contribution in [0.1, 0.15) is 31.0 Å². The Hall–Kier alpha value is -3.69. The van der Waals surface area contributed by atoms with Crippen molar-refractivity contribution >= 4 is 41.0 Å². The minimum atomic E-state index is -0.700. The molecule has 0 unspecified atom stereocenters. The van der Waals surface area contributed by atoms with Gasteiger partial charge in [-0.3, -0.25) is 9.36 Å². The van der Waals surface area contributed by atoms with Crippen LogP contribution in [-0.2, 0) is 19.1 Å². The maximum absolute atomic E-state index is 13.6. The van der Waals surface area contributed by atoms with Crippen LogP contribution in [0.5, 0.6) is 5.75 Å². The summed E-state index contributed by atoms with van der Waals surface area (Å²) in [6.45, 7) is 3.47. The van der Waals surface area contributed by atoms with Crippen LogP contribution in [0.4, 0.5) is 0 Å². The van der Waals surface area contributed by atoms with Crippen molar-refractivity contribution in [2.24, 2.45) is 4.99 Å². The minimum absolute atomic E-state index is 0.193. The Balaban J connectivity index is 1.77. The molecule has 0 bridgehead atoms. The fraction of sp³-hybridized carbons (Fsp3) is 0.231. The van der Waals surface area contributed by atoms with Gasteiger partial charge in [0.05, 0.1) is 35.6 Å². The fourth-order valence-electron chi connectivity index (χ4n) is 3.76. The molecule has 0 aliphatic carbocycles. The van der Waals surface area contributed by atoms with Gasteiger partial charge in [0, 0.05) is 5.02 Å². The molecule has 1 aliphatic rings. The zero-order valence-electron chi connectivity index (χ0n) is 19.8. The van der Waals surface area contributed by atoms with E-state index in [4.69, 9.17) is 21.1 Å². The number of halogens is 1. The van der Waals surface area contributed by atoms with E-state index < -0.39 is 18.0 Å². The number of methoxy groups -OCH3 is 1. The third kappa shape index (κ3) is 5.27. The molecule has 4 rings (SSSR count). The fourth-order valence-corrected chi connectivity index (χ4v) is 4.94. The summed E-state index contributed by atoms with van der Waals surface area (Å²) in [5.41, 5.74) is 2.00. The Morgan fingerprint density at radius 2 is 1.83 bits per heavy atom. The highest BCUT2D eigenvalue weighted by atomic mass is 35.5. The number of carbonyl (C=O) groups is 2. The van der Waals surface area contributed by atoms with E-state index >= 15 is 0 Å². The molecule has 0 N–H and O–H groups in total. The van der Waals surface area contributed by atoms with E-state index in [-0.39, 0.29) is 18.8 Å².